The second kappa shape index (κ2) is 10.1. The fraction of sp³-hybridized carbons (Fsp3) is 0.231. The Hall–Kier alpha value is -3.65. The number of hydrogen-bond acceptors (Lipinski definition) is 6. The van der Waals surface area contributed by atoms with Crippen molar-refractivity contribution in [1.29, 1.82) is 0 Å². The summed E-state index contributed by atoms with van der Waals surface area (Å²) in [6.45, 7) is 0. The standard InChI is InChI=1S/C26H27N3O4S/c1-28(2)19-11-13-20(14-12-19)29-23(30)16-34-26(29)17-7-5-8-18(15-17)27-25(31)24-21(32-3)9-6-10-22(24)33-4/h5-15,26H,16H2,1-4H3,(H,27,31). The number of hydrogen-bond donors (Lipinski definition) is 1. The monoisotopic (exact) mass is 477 g/mol. The molecule has 1 saturated heterocycles. The summed E-state index contributed by atoms with van der Waals surface area (Å²) in [5.41, 5.74) is 3.79. The highest BCUT2D eigenvalue weighted by Crippen LogP contribution is 2.42. The molecule has 1 fully saturated rings. The van der Waals surface area contributed by atoms with Crippen molar-refractivity contribution in [2.45, 2.75) is 5.37 Å². The molecule has 34 heavy (non-hydrogen) atoms. The quantitative estimate of drug-likeness (QED) is 0.527. The van der Waals surface area contributed by atoms with Crippen molar-refractivity contribution in [3.05, 3.63) is 77.9 Å². The van der Waals surface area contributed by atoms with Crippen LogP contribution in [0, 0.1) is 0 Å². The van der Waals surface area contributed by atoms with Gasteiger partial charge < -0.3 is 19.7 Å². The molecular weight excluding hydrogens is 450 g/mol. The minimum atomic E-state index is -0.335. The van der Waals surface area contributed by atoms with E-state index < -0.39 is 0 Å². The number of thioether (sulfide) groups is 1. The number of benzene rings is 3. The number of ether oxygens (including phenoxy) is 2. The second-order valence-electron chi connectivity index (χ2n) is 7.96. The summed E-state index contributed by atoms with van der Waals surface area (Å²) in [4.78, 5) is 29.7. The average Bonchev–Trinajstić information content (AvgIpc) is 3.24. The van der Waals surface area contributed by atoms with Crippen LogP contribution < -0.4 is 24.6 Å². The zero-order chi connectivity index (χ0) is 24.2. The molecule has 0 bridgehead atoms. The first-order valence-electron chi connectivity index (χ1n) is 10.8. The molecule has 8 heteroatoms. The first-order valence-corrected chi connectivity index (χ1v) is 11.8. The molecule has 2 amide bonds. The summed E-state index contributed by atoms with van der Waals surface area (Å²) in [6, 6.07) is 20.7. The van der Waals surface area contributed by atoms with E-state index in [0.29, 0.717) is 28.5 Å². The summed E-state index contributed by atoms with van der Waals surface area (Å²) in [5.74, 6) is 0.975. The van der Waals surface area contributed by atoms with Gasteiger partial charge in [-0.3, -0.25) is 14.5 Å². The van der Waals surface area contributed by atoms with E-state index in [2.05, 4.69) is 5.32 Å². The zero-order valence-corrected chi connectivity index (χ0v) is 20.4. The minimum absolute atomic E-state index is 0.0563. The zero-order valence-electron chi connectivity index (χ0n) is 19.6. The SMILES string of the molecule is COc1cccc(OC)c1C(=O)Nc1cccc(C2SCC(=O)N2c2ccc(N(C)C)cc2)c1. The maximum absolute atomic E-state index is 13.1. The first-order chi connectivity index (χ1) is 16.4. The van der Waals surface area contributed by atoms with E-state index in [0.717, 1.165) is 16.9 Å². The summed E-state index contributed by atoms with van der Waals surface area (Å²) in [7, 11) is 6.99. The van der Waals surface area contributed by atoms with Gasteiger partial charge in [-0.05, 0) is 54.1 Å². The molecule has 1 unspecified atom stereocenters. The number of anilines is 3. The van der Waals surface area contributed by atoms with Crippen LogP contribution in [0.1, 0.15) is 21.3 Å². The van der Waals surface area contributed by atoms with Crippen LogP contribution >= 0.6 is 11.8 Å². The molecule has 7 nitrogen and oxygen atoms in total. The molecule has 176 valence electrons. The van der Waals surface area contributed by atoms with Crippen LogP contribution in [0.5, 0.6) is 11.5 Å². The number of carbonyl (C=O) groups excluding carboxylic acids is 2. The van der Waals surface area contributed by atoms with E-state index in [1.165, 1.54) is 14.2 Å². The Balaban J connectivity index is 1.60. The number of carbonyl (C=O) groups is 2. The van der Waals surface area contributed by atoms with Crippen LogP contribution in [-0.4, -0.2) is 45.9 Å². The van der Waals surface area contributed by atoms with E-state index in [-0.39, 0.29) is 17.2 Å². The molecule has 4 rings (SSSR count). The Labute approximate surface area is 203 Å². The van der Waals surface area contributed by atoms with Crippen LogP contribution in [-0.2, 0) is 4.79 Å². The minimum Gasteiger partial charge on any atom is -0.496 e. The van der Waals surface area contributed by atoms with Crippen molar-refractivity contribution < 1.29 is 19.1 Å². The third-order valence-corrected chi connectivity index (χ3v) is 6.81. The van der Waals surface area contributed by atoms with Gasteiger partial charge in [0, 0.05) is 31.2 Å². The van der Waals surface area contributed by atoms with Gasteiger partial charge in [-0.15, -0.1) is 11.8 Å². The number of rotatable bonds is 7. The van der Waals surface area contributed by atoms with Gasteiger partial charge in [-0.25, -0.2) is 0 Å². The maximum Gasteiger partial charge on any atom is 0.263 e. The number of methoxy groups -OCH3 is 2. The summed E-state index contributed by atoms with van der Waals surface area (Å²) >= 11 is 1.57. The number of nitrogens with one attached hydrogen (secondary N) is 1. The van der Waals surface area contributed by atoms with E-state index in [1.807, 2.05) is 72.4 Å². The van der Waals surface area contributed by atoms with Crippen molar-refractivity contribution in [2.24, 2.45) is 0 Å². The van der Waals surface area contributed by atoms with Crippen molar-refractivity contribution >= 4 is 40.6 Å². The fourth-order valence-electron chi connectivity index (χ4n) is 3.90. The van der Waals surface area contributed by atoms with E-state index >= 15 is 0 Å². The lowest BCUT2D eigenvalue weighted by Crippen LogP contribution is -2.27. The van der Waals surface area contributed by atoms with Crippen LogP contribution in [0.15, 0.2) is 66.7 Å². The van der Waals surface area contributed by atoms with Gasteiger partial charge in [0.1, 0.15) is 22.4 Å². The Kier molecular flexibility index (Phi) is 6.98. The molecule has 0 aliphatic carbocycles. The second-order valence-corrected chi connectivity index (χ2v) is 9.02. The van der Waals surface area contributed by atoms with Crippen molar-refractivity contribution in [3.8, 4) is 11.5 Å². The molecular formula is C26H27N3O4S. The van der Waals surface area contributed by atoms with Crippen molar-refractivity contribution in [1.82, 2.24) is 0 Å². The third-order valence-electron chi connectivity index (χ3n) is 5.60. The van der Waals surface area contributed by atoms with E-state index in [9.17, 15) is 9.59 Å². The lowest BCUT2D eigenvalue weighted by molar-refractivity contribution is -0.115. The van der Waals surface area contributed by atoms with Gasteiger partial charge in [-0.1, -0.05) is 18.2 Å². The van der Waals surface area contributed by atoms with E-state index in [4.69, 9.17) is 9.47 Å². The lowest BCUT2D eigenvalue weighted by Gasteiger charge is -2.25. The van der Waals surface area contributed by atoms with Gasteiger partial charge in [0.2, 0.25) is 5.91 Å². The van der Waals surface area contributed by atoms with Gasteiger partial charge in [0.05, 0.1) is 20.0 Å². The fourth-order valence-corrected chi connectivity index (χ4v) is 5.07. The highest BCUT2D eigenvalue weighted by molar-refractivity contribution is 8.00. The molecule has 0 radical (unpaired) electrons. The molecule has 1 heterocycles. The molecule has 1 atom stereocenters. The Morgan fingerprint density at radius 1 is 1.00 bits per heavy atom. The van der Waals surface area contributed by atoms with E-state index in [1.54, 1.807) is 30.0 Å². The highest BCUT2D eigenvalue weighted by atomic mass is 32.2. The van der Waals surface area contributed by atoms with Crippen LogP contribution in [0.4, 0.5) is 17.1 Å². The van der Waals surface area contributed by atoms with Crippen molar-refractivity contribution in [3.63, 3.8) is 0 Å². The molecule has 1 N–H and O–H groups in total. The van der Waals surface area contributed by atoms with Crippen LogP contribution in [0.2, 0.25) is 0 Å². The number of nitrogens with zero attached hydrogens (tertiary/aromatic N) is 2. The Bertz CT molecular complexity index is 1170. The lowest BCUT2D eigenvalue weighted by atomic mass is 10.1. The van der Waals surface area contributed by atoms with Crippen molar-refractivity contribution in [2.75, 3.05) is 49.2 Å². The first kappa shape index (κ1) is 23.5. The summed E-state index contributed by atoms with van der Waals surface area (Å²) < 4.78 is 10.7. The molecule has 3 aromatic carbocycles. The predicted molar refractivity (Wildman–Crippen MR) is 137 cm³/mol. The van der Waals surface area contributed by atoms with Gasteiger partial charge >= 0.3 is 0 Å². The highest BCUT2D eigenvalue weighted by Gasteiger charge is 2.34. The summed E-state index contributed by atoms with van der Waals surface area (Å²) in [5, 5.41) is 2.76. The molecule has 0 aromatic heterocycles. The Morgan fingerprint density at radius 2 is 1.65 bits per heavy atom. The van der Waals surface area contributed by atoms with Gasteiger partial charge in [-0.2, -0.15) is 0 Å². The molecule has 1 aliphatic heterocycles. The molecule has 3 aromatic rings. The van der Waals surface area contributed by atoms with Gasteiger partial charge in [0.15, 0.2) is 0 Å². The average molecular weight is 478 g/mol. The topological polar surface area (TPSA) is 71.1 Å². The third kappa shape index (κ3) is 4.68. The van der Waals surface area contributed by atoms with Gasteiger partial charge in [0.25, 0.3) is 5.91 Å². The smallest absolute Gasteiger partial charge is 0.263 e. The Morgan fingerprint density at radius 3 is 2.26 bits per heavy atom. The largest absolute Gasteiger partial charge is 0.496 e. The summed E-state index contributed by atoms with van der Waals surface area (Å²) in [6.07, 6.45) is 0. The number of amides is 2. The molecule has 1 aliphatic rings. The van der Waals surface area contributed by atoms with Crippen LogP contribution in [0.25, 0.3) is 0 Å². The molecule has 0 saturated carbocycles. The predicted octanol–water partition coefficient (Wildman–Crippen LogP) is 4.80. The van der Waals surface area contributed by atoms with Crippen LogP contribution in [0.3, 0.4) is 0 Å². The normalized spacial score (nSPS) is 15.2. The maximum atomic E-state index is 13.1. The molecule has 0 spiro atoms.